The number of hydrogen-bond donors (Lipinski definition) is 0. The largest absolute Gasteiger partial charge is 0.434 e. The van der Waals surface area contributed by atoms with Crippen LogP contribution < -0.4 is 0 Å². The minimum atomic E-state index is 0.531. The Labute approximate surface area is 134 Å². The van der Waals surface area contributed by atoms with Crippen LogP contribution in [0.2, 0.25) is 0 Å². The van der Waals surface area contributed by atoms with Crippen molar-refractivity contribution in [1.82, 2.24) is 9.97 Å². The molecule has 110 valence electrons. The average Bonchev–Trinajstić information content (AvgIpc) is 3.09. The van der Waals surface area contributed by atoms with Crippen LogP contribution in [0.1, 0.15) is 0 Å². The van der Waals surface area contributed by atoms with E-state index < -0.39 is 0 Å². The number of hydrogen-bond acceptors (Lipinski definition) is 3. The number of aromatic nitrogens is 2. The van der Waals surface area contributed by atoms with E-state index in [2.05, 4.69) is 4.98 Å². The molecule has 0 aliphatic heterocycles. The molecule has 0 fully saturated rings. The molecule has 0 saturated carbocycles. The first-order valence-electron chi connectivity index (χ1n) is 7.45. The van der Waals surface area contributed by atoms with E-state index in [0.717, 1.165) is 28.3 Å². The Bertz CT molecular complexity index is 843. The molecule has 2 aromatic heterocycles. The molecule has 3 nitrogen and oxygen atoms in total. The maximum Gasteiger partial charge on any atom is 0.246 e. The SMILES string of the molecule is c1ccc(-c2nc(-c3ccccn3)oc2-c2ccccc2)cc1. The second kappa shape index (κ2) is 5.89. The molecule has 0 N–H and O–H groups in total. The molecule has 0 aliphatic rings. The van der Waals surface area contributed by atoms with Gasteiger partial charge < -0.3 is 4.42 Å². The highest BCUT2D eigenvalue weighted by molar-refractivity contribution is 5.78. The Morgan fingerprint density at radius 2 is 1.30 bits per heavy atom. The van der Waals surface area contributed by atoms with Crippen LogP contribution in [0.5, 0.6) is 0 Å². The average molecular weight is 298 g/mol. The zero-order valence-corrected chi connectivity index (χ0v) is 12.4. The summed E-state index contributed by atoms with van der Waals surface area (Å²) in [5, 5.41) is 0. The zero-order valence-electron chi connectivity index (χ0n) is 12.4. The molecule has 0 saturated heterocycles. The molecular formula is C20H14N2O. The molecule has 2 aromatic carbocycles. The summed E-state index contributed by atoms with van der Waals surface area (Å²) in [6.07, 6.45) is 1.74. The fourth-order valence-electron chi connectivity index (χ4n) is 2.50. The van der Waals surface area contributed by atoms with Crippen LogP contribution in [0.3, 0.4) is 0 Å². The van der Waals surface area contributed by atoms with E-state index in [1.54, 1.807) is 6.20 Å². The van der Waals surface area contributed by atoms with Gasteiger partial charge >= 0.3 is 0 Å². The van der Waals surface area contributed by atoms with E-state index in [0.29, 0.717) is 5.89 Å². The second-order valence-electron chi connectivity index (χ2n) is 5.14. The smallest absolute Gasteiger partial charge is 0.246 e. The molecule has 4 aromatic rings. The monoisotopic (exact) mass is 298 g/mol. The Morgan fingerprint density at radius 1 is 0.652 bits per heavy atom. The van der Waals surface area contributed by atoms with Crippen LogP contribution in [0.15, 0.2) is 89.5 Å². The lowest BCUT2D eigenvalue weighted by Crippen LogP contribution is -1.83. The van der Waals surface area contributed by atoms with Crippen LogP contribution >= 0.6 is 0 Å². The van der Waals surface area contributed by atoms with Gasteiger partial charge in [-0.15, -0.1) is 0 Å². The van der Waals surface area contributed by atoms with E-state index in [9.17, 15) is 0 Å². The molecule has 0 aliphatic carbocycles. The van der Waals surface area contributed by atoms with Gasteiger partial charge in [0.1, 0.15) is 11.4 Å². The summed E-state index contributed by atoms with van der Waals surface area (Å²) in [4.78, 5) is 9.03. The first kappa shape index (κ1) is 13.5. The van der Waals surface area contributed by atoms with Crippen LogP contribution in [0.25, 0.3) is 34.2 Å². The lowest BCUT2D eigenvalue weighted by atomic mass is 10.1. The van der Waals surface area contributed by atoms with E-state index in [-0.39, 0.29) is 0 Å². The summed E-state index contributed by atoms with van der Waals surface area (Å²) < 4.78 is 6.07. The van der Waals surface area contributed by atoms with E-state index in [1.807, 2.05) is 78.9 Å². The maximum atomic E-state index is 6.07. The first-order chi connectivity index (χ1) is 11.4. The molecule has 4 rings (SSSR count). The highest BCUT2D eigenvalue weighted by Gasteiger charge is 2.18. The Hall–Kier alpha value is -3.20. The van der Waals surface area contributed by atoms with Crippen molar-refractivity contribution in [2.75, 3.05) is 0 Å². The number of rotatable bonds is 3. The topological polar surface area (TPSA) is 38.9 Å². The van der Waals surface area contributed by atoms with Crippen LogP contribution in [0.4, 0.5) is 0 Å². The lowest BCUT2D eigenvalue weighted by molar-refractivity contribution is 0.586. The number of benzene rings is 2. The molecular weight excluding hydrogens is 284 g/mol. The van der Waals surface area contributed by atoms with Gasteiger partial charge in [-0.2, -0.15) is 0 Å². The van der Waals surface area contributed by atoms with E-state index in [1.165, 1.54) is 0 Å². The minimum Gasteiger partial charge on any atom is -0.434 e. The van der Waals surface area contributed by atoms with Crippen molar-refractivity contribution >= 4 is 0 Å². The lowest BCUT2D eigenvalue weighted by Gasteiger charge is -2.00. The molecule has 0 atom stereocenters. The Balaban J connectivity index is 1.91. The van der Waals surface area contributed by atoms with Crippen molar-refractivity contribution < 1.29 is 4.42 Å². The summed E-state index contributed by atoms with van der Waals surface area (Å²) in [6, 6.07) is 25.8. The molecule has 0 unspecified atom stereocenters. The fraction of sp³-hybridized carbons (Fsp3) is 0. The summed E-state index contributed by atoms with van der Waals surface area (Å²) in [6.45, 7) is 0. The third kappa shape index (κ3) is 2.64. The molecule has 0 bridgehead atoms. The number of pyridine rings is 1. The second-order valence-corrected chi connectivity index (χ2v) is 5.14. The molecule has 0 spiro atoms. The van der Waals surface area contributed by atoms with E-state index >= 15 is 0 Å². The Kier molecular flexibility index (Phi) is 3.45. The predicted octanol–water partition coefficient (Wildman–Crippen LogP) is 5.07. The summed E-state index contributed by atoms with van der Waals surface area (Å²) in [5.41, 5.74) is 3.59. The van der Waals surface area contributed by atoms with Crippen LogP contribution in [0, 0.1) is 0 Å². The first-order valence-corrected chi connectivity index (χ1v) is 7.45. The fourth-order valence-corrected chi connectivity index (χ4v) is 2.50. The van der Waals surface area contributed by atoms with Gasteiger partial charge in [0.15, 0.2) is 5.76 Å². The standard InChI is InChI=1S/C20H14N2O/c1-3-9-15(10-4-1)18-19(16-11-5-2-6-12-16)23-20(22-18)17-13-7-8-14-21-17/h1-14H. The van der Waals surface area contributed by atoms with Gasteiger partial charge in [-0.3, -0.25) is 4.98 Å². The number of nitrogens with zero attached hydrogens (tertiary/aromatic N) is 2. The van der Waals surface area contributed by atoms with Gasteiger partial charge in [0.2, 0.25) is 5.89 Å². The highest BCUT2D eigenvalue weighted by atomic mass is 16.4. The predicted molar refractivity (Wildman–Crippen MR) is 90.6 cm³/mol. The van der Waals surface area contributed by atoms with Gasteiger partial charge in [0.25, 0.3) is 0 Å². The van der Waals surface area contributed by atoms with Crippen molar-refractivity contribution in [3.8, 4) is 34.2 Å². The van der Waals surface area contributed by atoms with E-state index in [4.69, 9.17) is 9.40 Å². The van der Waals surface area contributed by atoms with Crippen LogP contribution in [-0.2, 0) is 0 Å². The summed E-state index contributed by atoms with van der Waals surface area (Å²) >= 11 is 0. The van der Waals surface area contributed by atoms with Crippen molar-refractivity contribution in [3.63, 3.8) is 0 Å². The molecule has 2 heterocycles. The minimum absolute atomic E-state index is 0.531. The molecule has 23 heavy (non-hydrogen) atoms. The maximum absolute atomic E-state index is 6.07. The number of oxazole rings is 1. The summed E-state index contributed by atoms with van der Waals surface area (Å²) in [7, 11) is 0. The van der Waals surface area contributed by atoms with Crippen molar-refractivity contribution in [3.05, 3.63) is 85.1 Å². The zero-order chi connectivity index (χ0) is 15.5. The van der Waals surface area contributed by atoms with Gasteiger partial charge in [-0.25, -0.2) is 4.98 Å². The van der Waals surface area contributed by atoms with Gasteiger partial charge in [0, 0.05) is 17.3 Å². The summed E-state index contributed by atoms with van der Waals surface area (Å²) in [5.74, 6) is 1.29. The molecule has 3 heteroatoms. The molecule has 0 amide bonds. The van der Waals surface area contributed by atoms with Crippen molar-refractivity contribution in [1.29, 1.82) is 0 Å². The molecule has 0 radical (unpaired) electrons. The van der Waals surface area contributed by atoms with Gasteiger partial charge in [-0.1, -0.05) is 66.7 Å². The van der Waals surface area contributed by atoms with Gasteiger partial charge in [0.05, 0.1) is 0 Å². The third-order valence-corrected chi connectivity index (χ3v) is 3.59. The van der Waals surface area contributed by atoms with Gasteiger partial charge in [-0.05, 0) is 12.1 Å². The van der Waals surface area contributed by atoms with Crippen molar-refractivity contribution in [2.24, 2.45) is 0 Å². The van der Waals surface area contributed by atoms with Crippen molar-refractivity contribution in [2.45, 2.75) is 0 Å². The normalized spacial score (nSPS) is 10.6. The highest BCUT2D eigenvalue weighted by Crippen LogP contribution is 2.35. The third-order valence-electron chi connectivity index (χ3n) is 3.59. The van der Waals surface area contributed by atoms with Crippen LogP contribution in [-0.4, -0.2) is 9.97 Å². The Morgan fingerprint density at radius 3 is 1.96 bits per heavy atom. The quantitative estimate of drug-likeness (QED) is 0.530.